The second kappa shape index (κ2) is 17.8. The van der Waals surface area contributed by atoms with Crippen molar-refractivity contribution in [2.75, 3.05) is 14.1 Å². The van der Waals surface area contributed by atoms with E-state index in [0.717, 1.165) is 43.4 Å². The maximum atomic E-state index is 13.4. The van der Waals surface area contributed by atoms with Crippen LogP contribution < -0.4 is 26.4 Å². The molecule has 12 nitrogen and oxygen atoms in total. The van der Waals surface area contributed by atoms with Gasteiger partial charge < -0.3 is 31.0 Å². The Morgan fingerprint density at radius 1 is 0.609 bits per heavy atom. The molecule has 0 aliphatic carbocycles. The van der Waals surface area contributed by atoms with Crippen molar-refractivity contribution in [3.63, 3.8) is 0 Å². The minimum absolute atomic E-state index is 0.119. The van der Waals surface area contributed by atoms with Crippen LogP contribution >= 0.6 is 15.9 Å². The molecule has 0 radical (unpaired) electrons. The Morgan fingerprint density at radius 2 is 1.08 bits per heavy atom. The van der Waals surface area contributed by atoms with Crippen molar-refractivity contribution in [3.8, 4) is 22.6 Å². The van der Waals surface area contributed by atoms with E-state index in [-0.39, 0.29) is 35.9 Å². The standard InChI is InChI=1S/C25H23N3O2.C18H16BrN3O2.C7H9BO2/c1-16-7-6-10-18(13-16)19-11-12-21-20(14-19)25(23(29)28(2)24(26)27-25)15-22(30-21)17-8-4-3-5-9-17;1-22-16(23)18(21-17(22)20)10-15(11-5-3-2-4-6-11)24-14-8-7-12(19)9-13(14)18;1-6-3-2-4-7(5-6)8(9)10/h3-14,22H,15H2,1-2H3,(H2,26,27);2-9,15H,10H2,1H3,(H2,20,21);2-5,9-10H,1H3. The quantitative estimate of drug-likeness (QED) is 0.140. The molecular formula is C50H48BBrN6O6. The van der Waals surface area contributed by atoms with E-state index in [9.17, 15) is 9.59 Å². The first kappa shape index (κ1) is 43.9. The predicted molar refractivity (Wildman–Crippen MR) is 253 cm³/mol. The summed E-state index contributed by atoms with van der Waals surface area (Å²) in [5.41, 5.74) is 18.4. The summed E-state index contributed by atoms with van der Waals surface area (Å²) >= 11 is 3.47. The van der Waals surface area contributed by atoms with Gasteiger partial charge in [0, 0.05) is 42.5 Å². The number of aliphatic imine (C=N–C) groups is 2. The van der Waals surface area contributed by atoms with Gasteiger partial charge in [-0.3, -0.25) is 19.4 Å². The molecule has 6 N–H and O–H groups in total. The monoisotopic (exact) mass is 918 g/mol. The van der Waals surface area contributed by atoms with E-state index < -0.39 is 18.2 Å². The normalized spacial score (nSPS) is 21.6. The van der Waals surface area contributed by atoms with Gasteiger partial charge in [0.1, 0.15) is 23.7 Å². The third-order valence-electron chi connectivity index (χ3n) is 12.0. The number of hydrogen-bond donors (Lipinski definition) is 4. The van der Waals surface area contributed by atoms with Gasteiger partial charge in [-0.1, -0.05) is 142 Å². The van der Waals surface area contributed by atoms with E-state index in [0.29, 0.717) is 29.8 Å². The van der Waals surface area contributed by atoms with Gasteiger partial charge in [-0.15, -0.1) is 0 Å². The molecule has 0 aromatic heterocycles. The number of amides is 2. The molecule has 0 saturated carbocycles. The van der Waals surface area contributed by atoms with Crippen LogP contribution in [0.15, 0.2) is 160 Å². The number of nitrogens with two attached hydrogens (primary N) is 2. The van der Waals surface area contributed by atoms with Crippen LogP contribution in [0.1, 0.15) is 58.4 Å². The minimum Gasteiger partial charge on any atom is -0.485 e. The van der Waals surface area contributed by atoms with E-state index in [1.165, 1.54) is 15.4 Å². The molecule has 4 aliphatic heterocycles. The Morgan fingerprint density at radius 3 is 1.53 bits per heavy atom. The van der Waals surface area contributed by atoms with E-state index >= 15 is 0 Å². The first-order valence-electron chi connectivity index (χ1n) is 20.8. The van der Waals surface area contributed by atoms with Gasteiger partial charge in [-0.2, -0.15) is 0 Å². The predicted octanol–water partition coefficient (Wildman–Crippen LogP) is 6.80. The molecule has 4 aliphatic rings. The topological polar surface area (TPSA) is 176 Å². The lowest BCUT2D eigenvalue weighted by Gasteiger charge is -2.37. The maximum absolute atomic E-state index is 13.4. The highest BCUT2D eigenvalue weighted by Gasteiger charge is 2.55. The average Bonchev–Trinajstić information content (AvgIpc) is 3.65. The van der Waals surface area contributed by atoms with Gasteiger partial charge in [0.25, 0.3) is 11.8 Å². The van der Waals surface area contributed by atoms with Crippen molar-refractivity contribution in [2.45, 2.75) is 50.0 Å². The Hall–Kier alpha value is -6.74. The number of rotatable bonds is 4. The van der Waals surface area contributed by atoms with Crippen LogP contribution in [-0.4, -0.2) is 64.8 Å². The van der Waals surface area contributed by atoms with Gasteiger partial charge in [0.15, 0.2) is 23.0 Å². The Labute approximate surface area is 381 Å². The van der Waals surface area contributed by atoms with Gasteiger partial charge >= 0.3 is 7.12 Å². The highest BCUT2D eigenvalue weighted by molar-refractivity contribution is 9.10. The lowest BCUT2D eigenvalue weighted by Crippen LogP contribution is -2.43. The van der Waals surface area contributed by atoms with Crippen LogP contribution in [0.3, 0.4) is 0 Å². The molecule has 0 saturated heterocycles. The molecule has 4 heterocycles. The molecule has 0 bridgehead atoms. The second-order valence-corrected chi connectivity index (χ2v) is 17.3. The van der Waals surface area contributed by atoms with Crippen molar-refractivity contribution >= 4 is 52.2 Å². The number of benzene rings is 6. The van der Waals surface area contributed by atoms with Crippen LogP contribution in [0.25, 0.3) is 11.1 Å². The number of nitrogens with zero attached hydrogens (tertiary/aromatic N) is 4. The van der Waals surface area contributed by atoms with Crippen molar-refractivity contribution in [3.05, 3.63) is 183 Å². The molecular weight excluding hydrogens is 871 g/mol. The van der Waals surface area contributed by atoms with Gasteiger partial charge in [-0.05, 0) is 71.9 Å². The van der Waals surface area contributed by atoms with E-state index in [1.54, 1.807) is 32.3 Å². The Kier molecular flexibility index (Phi) is 12.2. The van der Waals surface area contributed by atoms with E-state index in [4.69, 9.17) is 36.0 Å². The summed E-state index contributed by atoms with van der Waals surface area (Å²) in [4.78, 5) is 38.5. The maximum Gasteiger partial charge on any atom is 0.488 e. The first-order chi connectivity index (χ1) is 30.7. The largest absolute Gasteiger partial charge is 0.488 e. The number of carbonyl (C=O) groups is 2. The molecule has 4 atom stereocenters. The minimum atomic E-state index is -1.35. The van der Waals surface area contributed by atoms with Gasteiger partial charge in [0.05, 0.1) is 0 Å². The summed E-state index contributed by atoms with van der Waals surface area (Å²) in [5, 5.41) is 17.4. The average molecular weight is 920 g/mol. The molecule has 2 amide bonds. The van der Waals surface area contributed by atoms with Crippen molar-refractivity contribution < 1.29 is 29.1 Å². The molecule has 14 heteroatoms. The summed E-state index contributed by atoms with van der Waals surface area (Å²) in [7, 11) is 1.98. The number of carbonyl (C=O) groups excluding carboxylic acids is 2. The summed E-state index contributed by atoms with van der Waals surface area (Å²) < 4.78 is 13.4. The summed E-state index contributed by atoms with van der Waals surface area (Å²) in [6.45, 7) is 3.98. The third-order valence-corrected chi connectivity index (χ3v) is 12.5. The lowest BCUT2D eigenvalue weighted by atomic mass is 9.79. The number of guanidine groups is 2. The SMILES string of the molecule is CN1C(=O)C2(CC(c3ccccc3)Oc3ccc(Br)cc32)N=C1N.Cc1cccc(-c2ccc3c(c2)C2(CC(c4ccccc4)O3)N=C(N)N(C)C2=O)c1.Cc1cccc(B(O)O)c1. The molecule has 324 valence electrons. The lowest BCUT2D eigenvalue weighted by molar-refractivity contribution is -0.133. The Bertz CT molecular complexity index is 2790. The van der Waals surface area contributed by atoms with Gasteiger partial charge in [0.2, 0.25) is 0 Å². The van der Waals surface area contributed by atoms with Crippen molar-refractivity contribution in [1.82, 2.24) is 9.80 Å². The highest BCUT2D eigenvalue weighted by atomic mass is 79.9. The number of aryl methyl sites for hydroxylation is 2. The third kappa shape index (κ3) is 8.39. The van der Waals surface area contributed by atoms with Gasteiger partial charge in [-0.25, -0.2) is 9.98 Å². The molecule has 64 heavy (non-hydrogen) atoms. The molecule has 4 unspecified atom stereocenters. The van der Waals surface area contributed by atoms with Crippen LogP contribution in [0.4, 0.5) is 0 Å². The fourth-order valence-corrected chi connectivity index (χ4v) is 8.95. The molecule has 0 fully saturated rings. The van der Waals surface area contributed by atoms with Crippen molar-refractivity contribution in [2.24, 2.45) is 21.5 Å². The van der Waals surface area contributed by atoms with Crippen molar-refractivity contribution in [1.29, 1.82) is 0 Å². The summed E-state index contributed by atoms with van der Waals surface area (Å²) in [6.07, 6.45) is 0.289. The van der Waals surface area contributed by atoms with Crippen LogP contribution in [-0.2, 0) is 20.7 Å². The molecule has 2 spiro atoms. The smallest absolute Gasteiger partial charge is 0.485 e. The zero-order valence-corrected chi connectivity index (χ0v) is 37.4. The van der Waals surface area contributed by atoms with Crippen LogP contribution in [0.2, 0.25) is 0 Å². The van der Waals surface area contributed by atoms with E-state index in [2.05, 4.69) is 46.0 Å². The summed E-state index contributed by atoms with van der Waals surface area (Å²) in [6, 6.07) is 46.9. The fraction of sp³-hybridized carbons (Fsp3) is 0.200. The van der Waals surface area contributed by atoms with Crippen LogP contribution in [0.5, 0.6) is 11.5 Å². The second-order valence-electron chi connectivity index (χ2n) is 16.3. The number of halogens is 1. The van der Waals surface area contributed by atoms with Crippen LogP contribution in [0, 0.1) is 13.8 Å². The number of likely N-dealkylation sites (N-methyl/N-ethyl adjacent to an activating group) is 2. The zero-order chi connectivity index (χ0) is 45.3. The Balaban J connectivity index is 0.000000147. The fourth-order valence-electron chi connectivity index (χ4n) is 8.59. The molecule has 6 aromatic carbocycles. The number of ether oxygens (including phenoxy) is 2. The molecule has 6 aromatic rings. The van der Waals surface area contributed by atoms with E-state index in [1.807, 2.05) is 116 Å². The highest BCUT2D eigenvalue weighted by Crippen LogP contribution is 2.52. The number of hydrogen-bond acceptors (Lipinski definition) is 10. The number of fused-ring (bicyclic) bond motifs is 4. The zero-order valence-electron chi connectivity index (χ0n) is 35.9. The molecule has 10 rings (SSSR count). The first-order valence-corrected chi connectivity index (χ1v) is 21.6. The summed E-state index contributed by atoms with van der Waals surface area (Å²) in [5.74, 6) is 1.57.